The smallest absolute Gasteiger partial charge is 0.234 e. The van der Waals surface area contributed by atoms with Gasteiger partial charge in [0.15, 0.2) is 11.5 Å². The maximum atomic E-state index is 13.0. The first kappa shape index (κ1) is 15.1. The van der Waals surface area contributed by atoms with Crippen molar-refractivity contribution in [3.05, 3.63) is 64.0 Å². The van der Waals surface area contributed by atoms with E-state index in [1.807, 2.05) is 0 Å². The quantitative estimate of drug-likeness (QED) is 0.676. The van der Waals surface area contributed by atoms with Crippen LogP contribution >= 0.6 is 0 Å². The highest BCUT2D eigenvalue weighted by Crippen LogP contribution is 2.36. The molecule has 1 heterocycles. The number of nitro groups is 1. The van der Waals surface area contributed by atoms with Crippen LogP contribution in [-0.4, -0.2) is 17.8 Å². The fraction of sp³-hybridized carbons (Fsp3) is 0.250. The summed E-state index contributed by atoms with van der Waals surface area (Å²) < 4.78 is 23.6. The molecule has 6 nitrogen and oxygen atoms in total. The molecule has 0 aliphatic carbocycles. The summed E-state index contributed by atoms with van der Waals surface area (Å²) in [5.41, 5.74) is 1.30. The van der Waals surface area contributed by atoms with Crippen LogP contribution in [0.2, 0.25) is 0 Å². The number of hydrogen-bond acceptors (Lipinski definition) is 5. The Bertz CT molecular complexity index is 721. The molecule has 1 aliphatic rings. The van der Waals surface area contributed by atoms with Crippen molar-refractivity contribution < 1.29 is 18.8 Å². The molecule has 120 valence electrons. The third kappa shape index (κ3) is 3.18. The Hall–Kier alpha value is -2.83. The number of fused-ring (bicyclic) bond motifs is 1. The Kier molecular flexibility index (Phi) is 4.01. The van der Waals surface area contributed by atoms with Crippen molar-refractivity contribution in [1.82, 2.24) is 0 Å². The van der Waals surface area contributed by atoms with Crippen LogP contribution in [0.1, 0.15) is 18.5 Å². The average Bonchev–Trinajstić information content (AvgIpc) is 3.01. The topological polar surface area (TPSA) is 73.6 Å². The Morgan fingerprint density at radius 1 is 1.17 bits per heavy atom. The first-order valence-electron chi connectivity index (χ1n) is 7.10. The summed E-state index contributed by atoms with van der Waals surface area (Å²) >= 11 is 0. The molecule has 7 heteroatoms. The van der Waals surface area contributed by atoms with Gasteiger partial charge in [-0.1, -0.05) is 6.07 Å². The number of nitrogens with zero attached hydrogens (tertiary/aromatic N) is 1. The van der Waals surface area contributed by atoms with Gasteiger partial charge in [-0.05, 0) is 42.0 Å². The number of rotatable bonds is 5. The van der Waals surface area contributed by atoms with Crippen LogP contribution in [0, 0.1) is 15.9 Å². The van der Waals surface area contributed by atoms with Crippen molar-refractivity contribution in [3.63, 3.8) is 0 Å². The summed E-state index contributed by atoms with van der Waals surface area (Å²) in [4.78, 5) is 10.9. The number of anilines is 1. The van der Waals surface area contributed by atoms with E-state index in [0.29, 0.717) is 22.7 Å². The SMILES string of the molecule is C[C@H]([C@H](Nc1ccc(F)cc1)c1ccc2c(c1)OCO2)[N+](=O)[O-]. The summed E-state index contributed by atoms with van der Waals surface area (Å²) in [5.74, 6) is 0.810. The van der Waals surface area contributed by atoms with Gasteiger partial charge in [-0.2, -0.15) is 0 Å². The number of benzene rings is 2. The van der Waals surface area contributed by atoms with Gasteiger partial charge in [0.05, 0.1) is 0 Å². The molecule has 0 radical (unpaired) electrons. The molecule has 0 fully saturated rings. The second-order valence-corrected chi connectivity index (χ2v) is 5.27. The van der Waals surface area contributed by atoms with Crippen molar-refractivity contribution in [2.24, 2.45) is 0 Å². The molecular weight excluding hydrogens is 303 g/mol. The molecule has 0 unspecified atom stereocenters. The normalized spacial score (nSPS) is 15.0. The van der Waals surface area contributed by atoms with E-state index in [-0.39, 0.29) is 17.5 Å². The van der Waals surface area contributed by atoms with Crippen LogP contribution in [-0.2, 0) is 0 Å². The zero-order valence-corrected chi connectivity index (χ0v) is 12.4. The highest BCUT2D eigenvalue weighted by atomic mass is 19.1. The van der Waals surface area contributed by atoms with Crippen LogP contribution in [0.25, 0.3) is 0 Å². The van der Waals surface area contributed by atoms with Crippen molar-refractivity contribution in [3.8, 4) is 11.5 Å². The Morgan fingerprint density at radius 2 is 1.87 bits per heavy atom. The van der Waals surface area contributed by atoms with E-state index in [2.05, 4.69) is 5.32 Å². The third-order valence-corrected chi connectivity index (χ3v) is 3.74. The minimum absolute atomic E-state index is 0.139. The predicted molar refractivity (Wildman–Crippen MR) is 81.8 cm³/mol. The van der Waals surface area contributed by atoms with Crippen LogP contribution in [0.3, 0.4) is 0 Å². The Balaban J connectivity index is 1.92. The predicted octanol–water partition coefficient (Wildman–Crippen LogP) is 3.37. The molecule has 2 aromatic carbocycles. The van der Waals surface area contributed by atoms with E-state index in [1.54, 1.807) is 30.3 Å². The highest BCUT2D eigenvalue weighted by molar-refractivity contribution is 5.50. The molecule has 0 saturated carbocycles. The van der Waals surface area contributed by atoms with E-state index in [1.165, 1.54) is 19.1 Å². The van der Waals surface area contributed by atoms with Gasteiger partial charge in [-0.15, -0.1) is 0 Å². The number of ether oxygens (including phenoxy) is 2. The maximum absolute atomic E-state index is 13.0. The zero-order chi connectivity index (χ0) is 16.4. The molecule has 0 saturated heterocycles. The number of halogens is 1. The first-order valence-corrected chi connectivity index (χ1v) is 7.10. The van der Waals surface area contributed by atoms with Crippen LogP contribution in [0.15, 0.2) is 42.5 Å². The fourth-order valence-electron chi connectivity index (χ4n) is 2.44. The minimum Gasteiger partial charge on any atom is -0.454 e. The lowest BCUT2D eigenvalue weighted by molar-refractivity contribution is -0.521. The van der Waals surface area contributed by atoms with Gasteiger partial charge in [-0.3, -0.25) is 10.1 Å². The minimum atomic E-state index is -0.888. The molecule has 0 amide bonds. The number of hydrogen-bond donors (Lipinski definition) is 1. The van der Waals surface area contributed by atoms with Crippen molar-refractivity contribution in [1.29, 1.82) is 0 Å². The second-order valence-electron chi connectivity index (χ2n) is 5.27. The summed E-state index contributed by atoms with van der Waals surface area (Å²) in [6.45, 7) is 1.66. The third-order valence-electron chi connectivity index (χ3n) is 3.74. The molecule has 1 aliphatic heterocycles. The first-order chi connectivity index (χ1) is 11.0. The average molecular weight is 318 g/mol. The van der Waals surface area contributed by atoms with Crippen molar-refractivity contribution in [2.45, 2.75) is 19.0 Å². The van der Waals surface area contributed by atoms with Gasteiger partial charge in [-0.25, -0.2) is 4.39 Å². The van der Waals surface area contributed by atoms with Gasteiger partial charge >= 0.3 is 0 Å². The Labute approximate surface area is 132 Å². The second kappa shape index (κ2) is 6.12. The van der Waals surface area contributed by atoms with E-state index < -0.39 is 12.1 Å². The van der Waals surface area contributed by atoms with Gasteiger partial charge < -0.3 is 14.8 Å². The van der Waals surface area contributed by atoms with Crippen LogP contribution < -0.4 is 14.8 Å². The highest BCUT2D eigenvalue weighted by Gasteiger charge is 2.29. The molecular formula is C16H15FN2O4. The summed E-state index contributed by atoms with van der Waals surface area (Å²) in [5, 5.41) is 14.3. The molecule has 0 bridgehead atoms. The van der Waals surface area contributed by atoms with Gasteiger partial charge in [0.2, 0.25) is 12.8 Å². The Morgan fingerprint density at radius 3 is 2.57 bits per heavy atom. The molecule has 0 spiro atoms. The van der Waals surface area contributed by atoms with E-state index in [9.17, 15) is 14.5 Å². The molecule has 2 atom stereocenters. The monoisotopic (exact) mass is 318 g/mol. The number of nitrogens with one attached hydrogen (secondary N) is 1. The summed E-state index contributed by atoms with van der Waals surface area (Å²) in [7, 11) is 0. The molecule has 3 rings (SSSR count). The lowest BCUT2D eigenvalue weighted by Crippen LogP contribution is -2.29. The molecule has 2 aromatic rings. The van der Waals surface area contributed by atoms with Gasteiger partial charge in [0.1, 0.15) is 11.9 Å². The van der Waals surface area contributed by atoms with Crippen LogP contribution in [0.5, 0.6) is 11.5 Å². The van der Waals surface area contributed by atoms with Crippen molar-refractivity contribution >= 4 is 5.69 Å². The van der Waals surface area contributed by atoms with E-state index in [4.69, 9.17) is 9.47 Å². The maximum Gasteiger partial charge on any atom is 0.234 e. The summed E-state index contributed by atoms with van der Waals surface area (Å²) in [6.07, 6.45) is 0. The zero-order valence-electron chi connectivity index (χ0n) is 12.4. The van der Waals surface area contributed by atoms with E-state index >= 15 is 0 Å². The lowest BCUT2D eigenvalue weighted by atomic mass is 9.99. The van der Waals surface area contributed by atoms with Crippen molar-refractivity contribution in [2.75, 3.05) is 12.1 Å². The largest absolute Gasteiger partial charge is 0.454 e. The lowest BCUT2D eigenvalue weighted by Gasteiger charge is -2.21. The standard InChI is InChI=1S/C16H15FN2O4/c1-10(19(20)21)16(18-13-5-3-12(17)4-6-13)11-2-7-14-15(8-11)23-9-22-14/h2-8,10,16,18H,9H2,1H3/t10-,16+/m1/s1. The molecule has 23 heavy (non-hydrogen) atoms. The van der Waals surface area contributed by atoms with Crippen LogP contribution in [0.4, 0.5) is 10.1 Å². The van der Waals surface area contributed by atoms with E-state index in [0.717, 1.165) is 0 Å². The summed E-state index contributed by atoms with van der Waals surface area (Å²) in [6, 6.07) is 9.42. The van der Waals surface area contributed by atoms with Gasteiger partial charge in [0, 0.05) is 17.5 Å². The fourth-order valence-corrected chi connectivity index (χ4v) is 2.44. The molecule has 0 aromatic heterocycles. The molecule has 1 N–H and O–H groups in total. The van der Waals surface area contributed by atoms with Gasteiger partial charge in [0.25, 0.3) is 0 Å².